The number of methoxy groups -OCH3 is 1. The van der Waals surface area contributed by atoms with Gasteiger partial charge < -0.3 is 4.74 Å². The van der Waals surface area contributed by atoms with E-state index in [2.05, 4.69) is 15.5 Å². The van der Waals surface area contributed by atoms with E-state index in [0.717, 1.165) is 33.7 Å². The Hall–Kier alpha value is -2.67. The minimum atomic E-state index is 0.0780. The Morgan fingerprint density at radius 2 is 1.77 bits per heavy atom. The minimum absolute atomic E-state index is 0.0780. The molecule has 0 bridgehead atoms. The molecule has 3 aromatic rings. The number of hydrogen-bond acceptors (Lipinski definition) is 6. The molecular formula is C19H20N4O2S. The van der Waals surface area contributed by atoms with Crippen molar-refractivity contribution >= 4 is 17.5 Å². The zero-order chi connectivity index (χ0) is 18.7. The number of hydrogen-bond donors (Lipinski definition) is 0. The van der Waals surface area contributed by atoms with Crippen molar-refractivity contribution < 1.29 is 9.53 Å². The van der Waals surface area contributed by atoms with Crippen LogP contribution in [0.1, 0.15) is 27.0 Å². The summed E-state index contributed by atoms with van der Waals surface area (Å²) in [5.41, 5.74) is 4.76. The molecular weight excluding hydrogens is 348 g/mol. The van der Waals surface area contributed by atoms with Gasteiger partial charge in [-0.05, 0) is 66.6 Å². The highest BCUT2D eigenvalue weighted by molar-refractivity contribution is 7.99. The SMILES string of the molecule is COc1ccc(-n2nnnc2SCC(=O)c2c(C)cc(C)cc2C)cc1. The Morgan fingerprint density at radius 1 is 1.12 bits per heavy atom. The zero-order valence-electron chi connectivity index (χ0n) is 15.2. The van der Waals surface area contributed by atoms with Crippen LogP contribution < -0.4 is 4.74 Å². The third-order valence-electron chi connectivity index (χ3n) is 4.05. The van der Waals surface area contributed by atoms with Gasteiger partial charge in [0.15, 0.2) is 5.78 Å². The van der Waals surface area contributed by atoms with Crippen molar-refractivity contribution in [3.63, 3.8) is 0 Å². The molecule has 6 nitrogen and oxygen atoms in total. The second-order valence-electron chi connectivity index (χ2n) is 6.06. The molecule has 0 fully saturated rings. The van der Waals surface area contributed by atoms with Crippen molar-refractivity contribution in [1.82, 2.24) is 20.2 Å². The quantitative estimate of drug-likeness (QED) is 0.489. The number of aryl methyl sites for hydroxylation is 3. The molecule has 0 unspecified atom stereocenters. The molecule has 0 radical (unpaired) electrons. The van der Waals surface area contributed by atoms with E-state index in [0.29, 0.717) is 5.16 Å². The van der Waals surface area contributed by atoms with Crippen molar-refractivity contribution in [2.24, 2.45) is 0 Å². The average Bonchev–Trinajstić information content (AvgIpc) is 3.07. The summed E-state index contributed by atoms with van der Waals surface area (Å²) < 4.78 is 6.78. The molecule has 0 saturated carbocycles. The molecule has 3 rings (SSSR count). The number of tetrazole rings is 1. The minimum Gasteiger partial charge on any atom is -0.497 e. The third kappa shape index (κ3) is 3.77. The molecule has 0 amide bonds. The van der Waals surface area contributed by atoms with E-state index < -0.39 is 0 Å². The summed E-state index contributed by atoms with van der Waals surface area (Å²) in [6.45, 7) is 5.98. The van der Waals surface area contributed by atoms with Crippen LogP contribution in [-0.4, -0.2) is 38.9 Å². The van der Waals surface area contributed by atoms with Crippen molar-refractivity contribution in [3.05, 3.63) is 58.7 Å². The van der Waals surface area contributed by atoms with Gasteiger partial charge in [0.2, 0.25) is 5.16 Å². The summed E-state index contributed by atoms with van der Waals surface area (Å²) in [5, 5.41) is 12.4. The number of carbonyl (C=O) groups is 1. The lowest BCUT2D eigenvalue weighted by molar-refractivity contribution is 0.102. The fourth-order valence-electron chi connectivity index (χ4n) is 2.98. The van der Waals surface area contributed by atoms with Crippen LogP contribution in [0.2, 0.25) is 0 Å². The molecule has 0 spiro atoms. The second-order valence-corrected chi connectivity index (χ2v) is 7.00. The van der Waals surface area contributed by atoms with E-state index in [9.17, 15) is 4.79 Å². The summed E-state index contributed by atoms with van der Waals surface area (Å²) in [6.07, 6.45) is 0. The first kappa shape index (κ1) is 18.1. The maximum Gasteiger partial charge on any atom is 0.214 e. The lowest BCUT2D eigenvalue weighted by Crippen LogP contribution is -2.09. The molecule has 0 saturated heterocycles. The van der Waals surface area contributed by atoms with Crippen LogP contribution in [0.15, 0.2) is 41.6 Å². The summed E-state index contributed by atoms with van der Waals surface area (Å²) >= 11 is 1.33. The van der Waals surface area contributed by atoms with Gasteiger partial charge in [0.1, 0.15) is 5.75 Å². The topological polar surface area (TPSA) is 69.9 Å². The molecule has 0 aliphatic carbocycles. The van der Waals surface area contributed by atoms with Crippen molar-refractivity contribution in [2.75, 3.05) is 12.9 Å². The zero-order valence-corrected chi connectivity index (χ0v) is 16.0. The number of aromatic nitrogens is 4. The number of ketones is 1. The van der Waals surface area contributed by atoms with E-state index in [4.69, 9.17) is 4.74 Å². The van der Waals surface area contributed by atoms with Gasteiger partial charge in [0, 0.05) is 5.56 Å². The highest BCUT2D eigenvalue weighted by Gasteiger charge is 2.16. The van der Waals surface area contributed by atoms with Crippen LogP contribution in [0, 0.1) is 20.8 Å². The van der Waals surface area contributed by atoms with E-state index in [1.54, 1.807) is 11.8 Å². The maximum absolute atomic E-state index is 12.7. The van der Waals surface area contributed by atoms with Crippen LogP contribution in [0.25, 0.3) is 5.69 Å². The molecule has 26 heavy (non-hydrogen) atoms. The number of nitrogens with zero attached hydrogens (tertiary/aromatic N) is 4. The maximum atomic E-state index is 12.7. The van der Waals surface area contributed by atoms with Gasteiger partial charge in [-0.25, -0.2) is 0 Å². The molecule has 0 aliphatic heterocycles. The Labute approximate surface area is 156 Å². The van der Waals surface area contributed by atoms with Gasteiger partial charge in [-0.3, -0.25) is 4.79 Å². The van der Waals surface area contributed by atoms with Crippen LogP contribution in [-0.2, 0) is 0 Å². The lowest BCUT2D eigenvalue weighted by Gasteiger charge is -2.10. The van der Waals surface area contributed by atoms with Gasteiger partial charge in [-0.2, -0.15) is 4.68 Å². The highest BCUT2D eigenvalue weighted by atomic mass is 32.2. The second kappa shape index (κ2) is 7.70. The first-order valence-electron chi connectivity index (χ1n) is 8.16. The standard InChI is InChI=1S/C19H20N4O2S/c1-12-9-13(2)18(14(3)10-12)17(24)11-26-19-20-21-22-23(19)15-5-7-16(25-4)8-6-15/h5-10H,11H2,1-4H3. The Bertz CT molecular complexity index is 912. The lowest BCUT2D eigenvalue weighted by atomic mass is 9.97. The van der Waals surface area contributed by atoms with Crippen LogP contribution in [0.3, 0.4) is 0 Å². The predicted molar refractivity (Wildman–Crippen MR) is 101 cm³/mol. The summed E-state index contributed by atoms with van der Waals surface area (Å²) in [4.78, 5) is 12.7. The Balaban J connectivity index is 1.77. The number of Topliss-reactive ketones (excluding diaryl/α,β-unsaturated/α-hetero) is 1. The first-order chi connectivity index (χ1) is 12.5. The molecule has 0 aliphatic rings. The molecule has 0 atom stereocenters. The first-order valence-corrected chi connectivity index (χ1v) is 9.15. The van der Waals surface area contributed by atoms with Crippen LogP contribution in [0.4, 0.5) is 0 Å². The number of rotatable bonds is 6. The highest BCUT2D eigenvalue weighted by Crippen LogP contribution is 2.23. The van der Waals surface area contributed by atoms with Gasteiger partial charge >= 0.3 is 0 Å². The van der Waals surface area contributed by atoms with Crippen molar-refractivity contribution in [1.29, 1.82) is 0 Å². The number of ether oxygens (including phenoxy) is 1. The smallest absolute Gasteiger partial charge is 0.214 e. The fraction of sp³-hybridized carbons (Fsp3) is 0.263. The number of benzene rings is 2. The molecule has 7 heteroatoms. The normalized spacial score (nSPS) is 10.8. The van der Waals surface area contributed by atoms with E-state index >= 15 is 0 Å². The Morgan fingerprint density at radius 3 is 2.38 bits per heavy atom. The van der Waals surface area contributed by atoms with E-state index in [-0.39, 0.29) is 11.5 Å². The van der Waals surface area contributed by atoms with Gasteiger partial charge in [-0.15, -0.1) is 5.10 Å². The van der Waals surface area contributed by atoms with Gasteiger partial charge in [-0.1, -0.05) is 29.5 Å². The van der Waals surface area contributed by atoms with Crippen LogP contribution in [0.5, 0.6) is 5.75 Å². The average molecular weight is 368 g/mol. The summed E-state index contributed by atoms with van der Waals surface area (Å²) in [6, 6.07) is 11.5. The largest absolute Gasteiger partial charge is 0.497 e. The number of thioether (sulfide) groups is 1. The van der Waals surface area contributed by atoms with Crippen LogP contribution >= 0.6 is 11.8 Å². The third-order valence-corrected chi connectivity index (χ3v) is 4.97. The summed E-state index contributed by atoms with van der Waals surface area (Å²) in [7, 11) is 1.62. The van der Waals surface area contributed by atoms with Gasteiger partial charge in [0.05, 0.1) is 18.6 Å². The van der Waals surface area contributed by atoms with E-state index in [1.165, 1.54) is 11.8 Å². The fourth-order valence-corrected chi connectivity index (χ4v) is 3.74. The summed E-state index contributed by atoms with van der Waals surface area (Å²) in [5.74, 6) is 1.12. The predicted octanol–water partition coefficient (Wildman–Crippen LogP) is 3.57. The molecule has 1 heterocycles. The molecule has 0 N–H and O–H groups in total. The molecule has 134 valence electrons. The number of carbonyl (C=O) groups excluding carboxylic acids is 1. The monoisotopic (exact) mass is 368 g/mol. The molecule has 1 aromatic heterocycles. The van der Waals surface area contributed by atoms with Crippen molar-refractivity contribution in [2.45, 2.75) is 25.9 Å². The Kier molecular flexibility index (Phi) is 5.37. The van der Waals surface area contributed by atoms with Gasteiger partial charge in [0.25, 0.3) is 0 Å². The molecule has 2 aromatic carbocycles. The van der Waals surface area contributed by atoms with Crippen molar-refractivity contribution in [3.8, 4) is 11.4 Å². The van der Waals surface area contributed by atoms with E-state index in [1.807, 2.05) is 57.2 Å².